The van der Waals surface area contributed by atoms with Crippen LogP contribution in [-0.2, 0) is 13.1 Å². The van der Waals surface area contributed by atoms with Crippen molar-refractivity contribution in [3.8, 4) is 11.5 Å². The molecule has 3 rings (SSSR count). The van der Waals surface area contributed by atoms with E-state index in [-0.39, 0.29) is 0 Å². The van der Waals surface area contributed by atoms with Crippen molar-refractivity contribution in [1.29, 1.82) is 0 Å². The van der Waals surface area contributed by atoms with Gasteiger partial charge in [-0.2, -0.15) is 0 Å². The molecule has 0 radical (unpaired) electrons. The first kappa shape index (κ1) is 20.8. The van der Waals surface area contributed by atoms with Crippen molar-refractivity contribution in [2.45, 2.75) is 20.0 Å². The van der Waals surface area contributed by atoms with E-state index in [9.17, 15) is 0 Å². The smallest absolute Gasteiger partial charge is 0.175 e. The molecule has 1 aromatic heterocycles. The lowest BCUT2D eigenvalue weighted by atomic mass is 10.1. The fourth-order valence-corrected chi connectivity index (χ4v) is 3.97. The fraction of sp³-hybridized carbons (Fsp3) is 0.409. The molecule has 1 saturated heterocycles. The molecule has 1 aliphatic heterocycles. The van der Waals surface area contributed by atoms with Crippen LogP contribution in [0.15, 0.2) is 53.8 Å². The minimum Gasteiger partial charge on any atom is -0.490 e. The van der Waals surface area contributed by atoms with E-state index in [0.29, 0.717) is 13.2 Å². The summed E-state index contributed by atoms with van der Waals surface area (Å²) in [5.74, 6) is 1.53. The van der Waals surface area contributed by atoms with Gasteiger partial charge in [0.2, 0.25) is 0 Å². The van der Waals surface area contributed by atoms with Crippen LogP contribution in [0, 0.1) is 0 Å². The maximum atomic E-state index is 5.81. The molecule has 0 saturated carbocycles. The number of aromatic nitrogens is 1. The van der Waals surface area contributed by atoms with Gasteiger partial charge in [-0.15, -0.1) is 0 Å². The molecule has 0 amide bonds. The molecule has 0 unspecified atom stereocenters. The Hall–Kier alpha value is -1.89. The molecule has 2 aromatic rings. The zero-order valence-electron chi connectivity index (χ0n) is 16.4. The van der Waals surface area contributed by atoms with Gasteiger partial charge in [0.1, 0.15) is 6.61 Å². The second-order valence-corrected chi connectivity index (χ2v) is 7.70. The average molecular weight is 446 g/mol. The van der Waals surface area contributed by atoms with Crippen LogP contribution in [0.1, 0.15) is 18.1 Å². The standard InChI is InChI=1S/C22H28BrN3O2/c1-3-13-28-22-20(23)14-19(15-21(22)27-4-2)17-26-11-9-25(10-12-26)16-18-5-7-24-8-6-18/h3,5-8,14-15H,1,4,9-13,16-17H2,2H3. The highest BCUT2D eigenvalue weighted by molar-refractivity contribution is 9.10. The summed E-state index contributed by atoms with van der Waals surface area (Å²) in [5.41, 5.74) is 2.55. The number of hydrogen-bond acceptors (Lipinski definition) is 5. The second-order valence-electron chi connectivity index (χ2n) is 6.85. The highest BCUT2D eigenvalue weighted by Gasteiger charge is 2.19. The summed E-state index contributed by atoms with van der Waals surface area (Å²) in [4.78, 5) is 9.08. The Labute approximate surface area is 176 Å². The van der Waals surface area contributed by atoms with Gasteiger partial charge in [-0.05, 0) is 58.2 Å². The van der Waals surface area contributed by atoms with Gasteiger partial charge in [-0.1, -0.05) is 12.7 Å². The number of hydrogen-bond donors (Lipinski definition) is 0. The number of halogens is 1. The molecule has 2 heterocycles. The SMILES string of the molecule is C=CCOc1c(Br)cc(CN2CCN(Cc3ccncc3)CC2)cc1OCC. The van der Waals surface area contributed by atoms with E-state index in [0.717, 1.165) is 55.2 Å². The molecule has 1 fully saturated rings. The molecule has 0 N–H and O–H groups in total. The van der Waals surface area contributed by atoms with Gasteiger partial charge in [0.25, 0.3) is 0 Å². The van der Waals surface area contributed by atoms with Gasteiger partial charge >= 0.3 is 0 Å². The van der Waals surface area contributed by atoms with Crippen LogP contribution < -0.4 is 9.47 Å². The van der Waals surface area contributed by atoms with Crippen molar-refractivity contribution in [3.63, 3.8) is 0 Å². The van der Waals surface area contributed by atoms with Crippen molar-refractivity contribution >= 4 is 15.9 Å². The Kier molecular flexibility index (Phi) is 7.89. The van der Waals surface area contributed by atoms with Gasteiger partial charge in [0, 0.05) is 51.7 Å². The third kappa shape index (κ3) is 5.80. The second kappa shape index (κ2) is 10.6. The number of piperazine rings is 1. The van der Waals surface area contributed by atoms with Crippen LogP contribution in [0.3, 0.4) is 0 Å². The van der Waals surface area contributed by atoms with Crippen LogP contribution in [0.2, 0.25) is 0 Å². The monoisotopic (exact) mass is 445 g/mol. The fourth-order valence-electron chi connectivity index (χ4n) is 3.37. The van der Waals surface area contributed by atoms with Crippen molar-refractivity contribution in [3.05, 3.63) is 64.9 Å². The predicted octanol–water partition coefficient (Wildman–Crippen LogP) is 4.13. The number of pyridine rings is 1. The van der Waals surface area contributed by atoms with E-state index >= 15 is 0 Å². The lowest BCUT2D eigenvalue weighted by molar-refractivity contribution is 0.122. The summed E-state index contributed by atoms with van der Waals surface area (Å²) in [6.07, 6.45) is 5.46. The molecule has 0 bridgehead atoms. The van der Waals surface area contributed by atoms with Crippen LogP contribution in [-0.4, -0.2) is 54.2 Å². The van der Waals surface area contributed by atoms with Gasteiger partial charge in [0.15, 0.2) is 11.5 Å². The maximum Gasteiger partial charge on any atom is 0.175 e. The summed E-state index contributed by atoms with van der Waals surface area (Å²) < 4.78 is 12.5. The summed E-state index contributed by atoms with van der Waals surface area (Å²) >= 11 is 3.64. The van der Waals surface area contributed by atoms with Crippen LogP contribution in [0.5, 0.6) is 11.5 Å². The van der Waals surface area contributed by atoms with E-state index < -0.39 is 0 Å². The Morgan fingerprint density at radius 2 is 1.68 bits per heavy atom. The van der Waals surface area contributed by atoms with Gasteiger partial charge in [-0.25, -0.2) is 0 Å². The highest BCUT2D eigenvalue weighted by atomic mass is 79.9. The molecule has 1 aliphatic rings. The molecular formula is C22H28BrN3O2. The molecule has 0 aliphatic carbocycles. The number of nitrogens with zero attached hydrogens (tertiary/aromatic N) is 3. The molecule has 0 spiro atoms. The lowest BCUT2D eigenvalue weighted by Crippen LogP contribution is -2.45. The first-order valence-corrected chi connectivity index (χ1v) is 10.5. The van der Waals surface area contributed by atoms with Crippen molar-refractivity contribution < 1.29 is 9.47 Å². The predicted molar refractivity (Wildman–Crippen MR) is 116 cm³/mol. The topological polar surface area (TPSA) is 37.8 Å². The minimum absolute atomic E-state index is 0.456. The number of rotatable bonds is 9. The van der Waals surface area contributed by atoms with Crippen LogP contribution >= 0.6 is 15.9 Å². The van der Waals surface area contributed by atoms with Crippen molar-refractivity contribution in [2.75, 3.05) is 39.4 Å². The zero-order valence-corrected chi connectivity index (χ0v) is 18.0. The van der Waals surface area contributed by atoms with E-state index in [2.05, 4.69) is 61.6 Å². The Bertz CT molecular complexity index is 762. The Morgan fingerprint density at radius 3 is 2.29 bits per heavy atom. The normalized spacial score (nSPS) is 15.4. The van der Waals surface area contributed by atoms with Crippen molar-refractivity contribution in [2.24, 2.45) is 0 Å². The average Bonchev–Trinajstić information content (AvgIpc) is 2.70. The largest absolute Gasteiger partial charge is 0.490 e. The Balaban J connectivity index is 1.58. The summed E-state index contributed by atoms with van der Waals surface area (Å²) in [6.45, 7) is 12.9. The summed E-state index contributed by atoms with van der Waals surface area (Å²) in [5, 5.41) is 0. The highest BCUT2D eigenvalue weighted by Crippen LogP contribution is 2.37. The third-order valence-electron chi connectivity index (χ3n) is 4.74. The molecule has 5 nitrogen and oxygen atoms in total. The lowest BCUT2D eigenvalue weighted by Gasteiger charge is -2.34. The number of ether oxygens (including phenoxy) is 2. The third-order valence-corrected chi connectivity index (χ3v) is 5.33. The molecule has 28 heavy (non-hydrogen) atoms. The Morgan fingerprint density at radius 1 is 1.04 bits per heavy atom. The quantitative estimate of drug-likeness (QED) is 0.542. The number of benzene rings is 1. The van der Waals surface area contributed by atoms with Gasteiger partial charge < -0.3 is 9.47 Å². The molecule has 1 aromatic carbocycles. The summed E-state index contributed by atoms with van der Waals surface area (Å²) in [6, 6.07) is 8.41. The van der Waals surface area contributed by atoms with Gasteiger partial charge in [-0.3, -0.25) is 14.8 Å². The maximum absolute atomic E-state index is 5.81. The zero-order chi connectivity index (χ0) is 19.8. The van der Waals surface area contributed by atoms with Crippen molar-refractivity contribution in [1.82, 2.24) is 14.8 Å². The first-order chi connectivity index (χ1) is 13.7. The van der Waals surface area contributed by atoms with E-state index in [4.69, 9.17) is 9.47 Å². The van der Waals surface area contributed by atoms with Crippen LogP contribution in [0.4, 0.5) is 0 Å². The first-order valence-electron chi connectivity index (χ1n) is 9.72. The van der Waals surface area contributed by atoms with Crippen LogP contribution in [0.25, 0.3) is 0 Å². The van der Waals surface area contributed by atoms with E-state index in [1.807, 2.05) is 19.3 Å². The summed E-state index contributed by atoms with van der Waals surface area (Å²) in [7, 11) is 0. The molecule has 150 valence electrons. The molecule has 0 atom stereocenters. The minimum atomic E-state index is 0.456. The van der Waals surface area contributed by atoms with E-state index in [1.54, 1.807) is 6.08 Å². The van der Waals surface area contributed by atoms with Gasteiger partial charge in [0.05, 0.1) is 11.1 Å². The molecular weight excluding hydrogens is 418 g/mol. The van der Waals surface area contributed by atoms with E-state index in [1.165, 1.54) is 11.1 Å². The molecule has 6 heteroatoms.